The van der Waals surface area contributed by atoms with Crippen LogP contribution in [0.3, 0.4) is 0 Å². The van der Waals surface area contributed by atoms with Gasteiger partial charge in [-0.3, -0.25) is 0 Å². The number of ether oxygens (including phenoxy) is 3. The molecule has 1 aromatic rings. The van der Waals surface area contributed by atoms with Crippen LogP contribution in [0, 0.1) is 0 Å². The number of hydrogen-bond acceptors (Lipinski definition) is 8. The predicted octanol–water partition coefficient (Wildman–Crippen LogP) is 1.44. The molecule has 0 aromatic heterocycles. The molecule has 1 saturated carbocycles. The molecule has 1 N–H and O–H groups in total. The Morgan fingerprint density at radius 3 is 2.59 bits per heavy atom. The lowest BCUT2D eigenvalue weighted by Gasteiger charge is -2.64. The lowest BCUT2D eigenvalue weighted by Crippen LogP contribution is -2.79. The van der Waals surface area contributed by atoms with E-state index in [0.717, 1.165) is 5.56 Å². The van der Waals surface area contributed by atoms with Crippen LogP contribution < -0.4 is 8.92 Å². The van der Waals surface area contributed by atoms with E-state index in [1.54, 1.807) is 6.07 Å². The highest BCUT2D eigenvalue weighted by molar-refractivity contribution is 7.88. The van der Waals surface area contributed by atoms with Crippen LogP contribution in [-0.2, 0) is 31.4 Å². The number of halogens is 3. The zero-order chi connectivity index (χ0) is 22.7. The van der Waals surface area contributed by atoms with E-state index >= 15 is 0 Å². The molecule has 12 heteroatoms. The lowest BCUT2D eigenvalue weighted by molar-refractivity contribution is -0.295. The van der Waals surface area contributed by atoms with Crippen LogP contribution in [0.1, 0.15) is 30.4 Å². The first-order valence-electron chi connectivity index (χ1n) is 10.5. The molecule has 32 heavy (non-hydrogen) atoms. The van der Waals surface area contributed by atoms with Gasteiger partial charge >= 0.3 is 15.6 Å². The average molecular weight is 477 g/mol. The zero-order valence-electron chi connectivity index (χ0n) is 17.1. The molecule has 2 bridgehead atoms. The first-order valence-corrected chi connectivity index (χ1v) is 11.9. The molecule has 0 unspecified atom stereocenters. The fourth-order valence-electron chi connectivity index (χ4n) is 6.70. The number of rotatable bonds is 2. The molecular weight excluding hydrogens is 455 g/mol. The summed E-state index contributed by atoms with van der Waals surface area (Å²) in [5.41, 5.74) is -6.54. The van der Waals surface area contributed by atoms with Crippen molar-refractivity contribution in [3.63, 3.8) is 0 Å². The first kappa shape index (κ1) is 21.0. The van der Waals surface area contributed by atoms with Gasteiger partial charge in [-0.1, -0.05) is 6.07 Å². The van der Waals surface area contributed by atoms with Crippen LogP contribution in [0.5, 0.6) is 11.5 Å². The third kappa shape index (κ3) is 2.29. The van der Waals surface area contributed by atoms with Crippen molar-refractivity contribution >= 4 is 10.1 Å². The summed E-state index contributed by atoms with van der Waals surface area (Å²) < 4.78 is 85.3. The average Bonchev–Trinajstić information content (AvgIpc) is 3.31. The Hall–Kier alpha value is -1.60. The topological polar surface area (TPSA) is 94.5 Å². The van der Waals surface area contributed by atoms with Gasteiger partial charge in [0.05, 0.1) is 24.2 Å². The highest BCUT2D eigenvalue weighted by atomic mass is 32.2. The Morgan fingerprint density at radius 2 is 1.91 bits per heavy atom. The number of nitrogens with zero attached hydrogens (tertiary/aromatic N) is 1. The quantitative estimate of drug-likeness (QED) is 0.505. The zero-order valence-corrected chi connectivity index (χ0v) is 18.0. The minimum absolute atomic E-state index is 0.0814. The van der Waals surface area contributed by atoms with Gasteiger partial charge in [0.1, 0.15) is 0 Å². The summed E-state index contributed by atoms with van der Waals surface area (Å²) in [6.45, 7) is 1.27. The van der Waals surface area contributed by atoms with Gasteiger partial charge in [-0.05, 0) is 44.5 Å². The summed E-state index contributed by atoms with van der Waals surface area (Å²) >= 11 is 0. The van der Waals surface area contributed by atoms with E-state index in [-0.39, 0.29) is 11.8 Å². The van der Waals surface area contributed by atoms with Crippen LogP contribution >= 0.6 is 0 Å². The molecule has 6 rings (SSSR count). The second kappa shape index (κ2) is 6.09. The summed E-state index contributed by atoms with van der Waals surface area (Å²) in [4.78, 5) is 2.09. The lowest BCUT2D eigenvalue weighted by atomic mass is 9.48. The number of likely N-dealkylation sites (tertiary alicyclic amines) is 1. The summed E-state index contributed by atoms with van der Waals surface area (Å²) in [5, 5.41) is 12.1. The van der Waals surface area contributed by atoms with Crippen LogP contribution in [0.15, 0.2) is 12.1 Å². The van der Waals surface area contributed by atoms with E-state index in [1.807, 2.05) is 7.05 Å². The predicted molar refractivity (Wildman–Crippen MR) is 102 cm³/mol. The third-order valence-corrected chi connectivity index (χ3v) is 8.94. The first-order chi connectivity index (χ1) is 15.0. The third-order valence-electron chi connectivity index (χ3n) is 7.98. The van der Waals surface area contributed by atoms with Gasteiger partial charge in [0, 0.05) is 18.0 Å². The Morgan fingerprint density at radius 1 is 1.19 bits per heavy atom. The van der Waals surface area contributed by atoms with Crippen LogP contribution in [0.2, 0.25) is 0 Å². The summed E-state index contributed by atoms with van der Waals surface area (Å²) in [7, 11) is -3.96. The number of likely N-dealkylation sites (N-methyl/N-ethyl adjacent to an activating group) is 1. The maximum Gasteiger partial charge on any atom is 0.534 e. The van der Waals surface area contributed by atoms with Crippen LogP contribution in [0.25, 0.3) is 0 Å². The highest BCUT2D eigenvalue weighted by Crippen LogP contribution is 2.68. The molecule has 3 aliphatic heterocycles. The van der Waals surface area contributed by atoms with Crippen molar-refractivity contribution in [2.24, 2.45) is 0 Å². The van der Waals surface area contributed by atoms with Gasteiger partial charge in [0.15, 0.2) is 17.6 Å². The van der Waals surface area contributed by atoms with Crippen molar-refractivity contribution in [1.82, 2.24) is 4.90 Å². The Balaban J connectivity index is 1.57. The number of benzene rings is 1. The molecule has 3 fully saturated rings. The van der Waals surface area contributed by atoms with Gasteiger partial charge in [-0.25, -0.2) is 0 Å². The standard InChI is InChI=1S/C20H22F3NO7S/c1-24-7-6-17-14-11-2-3-12(31-32(26,27)20(21,22)23)15(14)30-16(17)19(28-8-9-29-19)5-4-18(17,25)13(24)10-11/h2-3,13,16,25H,4-10H2,1H3/t13-,16-,17+,18-/m1/s1. The molecule has 4 atom stereocenters. The molecule has 1 aromatic carbocycles. The van der Waals surface area contributed by atoms with Crippen molar-refractivity contribution in [2.75, 3.05) is 26.8 Å². The molecule has 8 nitrogen and oxygen atoms in total. The van der Waals surface area contributed by atoms with Crippen molar-refractivity contribution < 1.29 is 45.1 Å². The second-order valence-corrected chi connectivity index (χ2v) is 10.8. The molecule has 3 heterocycles. The molecule has 0 radical (unpaired) electrons. The smallest absolute Gasteiger partial charge is 0.479 e. The number of hydrogen-bond donors (Lipinski definition) is 1. The maximum atomic E-state index is 13.0. The Bertz CT molecular complexity index is 1100. The van der Waals surface area contributed by atoms with Gasteiger partial charge < -0.3 is 28.4 Å². The Kier molecular flexibility index (Phi) is 3.99. The minimum Gasteiger partial charge on any atom is -0.479 e. The molecule has 5 aliphatic rings. The molecule has 2 spiro atoms. The number of alkyl halides is 3. The monoisotopic (exact) mass is 477 g/mol. The fourth-order valence-corrected chi connectivity index (χ4v) is 7.16. The van der Waals surface area contributed by atoms with E-state index in [2.05, 4.69) is 9.08 Å². The molecular formula is C20H22F3NO7S. The largest absolute Gasteiger partial charge is 0.534 e. The fraction of sp³-hybridized carbons (Fsp3) is 0.700. The SMILES string of the molecule is CN1CC[C@]23c4c5ccc(OS(=O)(=O)C(F)(F)F)c4O[C@H]2C2(CC[C@@]3(O)[C@H]1C5)OCCO2. The normalized spacial score (nSPS) is 37.3. The maximum absolute atomic E-state index is 13.0. The number of piperidine rings is 1. The molecule has 0 amide bonds. The van der Waals surface area contributed by atoms with Crippen molar-refractivity contribution in [1.29, 1.82) is 0 Å². The van der Waals surface area contributed by atoms with Gasteiger partial charge in [-0.2, -0.15) is 21.6 Å². The molecule has 2 saturated heterocycles. The number of aliphatic hydroxyl groups is 1. The second-order valence-electron chi connectivity index (χ2n) is 9.26. The highest BCUT2D eigenvalue weighted by Gasteiger charge is 2.77. The Labute approximate surface area is 182 Å². The van der Waals surface area contributed by atoms with Gasteiger partial charge in [-0.15, -0.1) is 0 Å². The van der Waals surface area contributed by atoms with E-state index in [9.17, 15) is 26.7 Å². The van der Waals surface area contributed by atoms with E-state index in [1.165, 1.54) is 6.07 Å². The van der Waals surface area contributed by atoms with E-state index in [0.29, 0.717) is 51.0 Å². The molecule has 176 valence electrons. The van der Waals surface area contributed by atoms with E-state index < -0.39 is 44.3 Å². The van der Waals surface area contributed by atoms with Gasteiger partial charge in [0.25, 0.3) is 0 Å². The summed E-state index contributed by atoms with van der Waals surface area (Å²) in [5.74, 6) is -1.79. The summed E-state index contributed by atoms with van der Waals surface area (Å²) in [6, 6.07) is 2.52. The molecule has 2 aliphatic carbocycles. The summed E-state index contributed by atoms with van der Waals surface area (Å²) in [6.07, 6.45) is 0.756. The van der Waals surface area contributed by atoms with Crippen molar-refractivity contribution in [3.8, 4) is 11.5 Å². The van der Waals surface area contributed by atoms with Gasteiger partial charge in [0.2, 0.25) is 5.79 Å². The number of fused-ring (bicyclic) bond motifs is 1. The van der Waals surface area contributed by atoms with E-state index in [4.69, 9.17) is 14.2 Å². The minimum atomic E-state index is -5.90. The van der Waals surface area contributed by atoms with Crippen molar-refractivity contribution in [3.05, 3.63) is 23.3 Å². The van der Waals surface area contributed by atoms with Crippen LogP contribution in [-0.4, -0.2) is 74.3 Å². The van der Waals surface area contributed by atoms with Crippen molar-refractivity contribution in [2.45, 2.75) is 60.1 Å². The van der Waals surface area contributed by atoms with Crippen LogP contribution in [0.4, 0.5) is 13.2 Å².